The molecule has 0 bridgehead atoms. The minimum absolute atomic E-state index is 0.0727. The van der Waals surface area contributed by atoms with Crippen molar-refractivity contribution in [3.8, 4) is 0 Å². The Bertz CT molecular complexity index is 362. The van der Waals surface area contributed by atoms with Crippen molar-refractivity contribution in [2.45, 2.75) is 45.6 Å². The van der Waals surface area contributed by atoms with Crippen molar-refractivity contribution in [3.05, 3.63) is 11.6 Å². The van der Waals surface area contributed by atoms with Crippen LogP contribution in [0.25, 0.3) is 0 Å². The summed E-state index contributed by atoms with van der Waals surface area (Å²) < 4.78 is 11.1. The van der Waals surface area contributed by atoms with E-state index < -0.39 is 11.0 Å². The van der Waals surface area contributed by atoms with Gasteiger partial charge in [-0.15, -0.1) is 0 Å². The van der Waals surface area contributed by atoms with E-state index in [-0.39, 0.29) is 5.97 Å². The number of rotatable bonds is 2. The van der Waals surface area contributed by atoms with Gasteiger partial charge in [0.15, 0.2) is 0 Å². The van der Waals surface area contributed by atoms with Gasteiger partial charge in [-0.25, -0.2) is 0 Å². The number of carbonyl (C=O) groups is 1. The molecule has 0 aromatic carbocycles. The lowest BCUT2D eigenvalue weighted by Gasteiger charge is -2.40. The molecule has 0 radical (unpaired) electrons. The second-order valence-corrected chi connectivity index (χ2v) is 6.38. The van der Waals surface area contributed by atoms with Crippen LogP contribution in [0, 0.1) is 5.41 Å². The van der Waals surface area contributed by atoms with Gasteiger partial charge in [-0.1, -0.05) is 11.6 Å². The third-order valence-corrected chi connectivity index (χ3v) is 3.81. The Hall–Kier alpha value is -0.870. The summed E-state index contributed by atoms with van der Waals surface area (Å²) in [6, 6.07) is 0. The van der Waals surface area contributed by atoms with E-state index in [9.17, 15) is 4.79 Å². The average molecular weight is 267 g/mol. The average Bonchev–Trinajstić information content (AvgIpc) is 2.38. The Labute approximate surface area is 115 Å². The predicted octanol–water partition coefficient (Wildman–Crippen LogP) is 2.04. The smallest absolute Gasteiger partial charge is 0.316 e. The molecule has 0 saturated carbocycles. The molecule has 19 heavy (non-hydrogen) atoms. The summed E-state index contributed by atoms with van der Waals surface area (Å²) in [4.78, 5) is 12.7. The summed E-state index contributed by atoms with van der Waals surface area (Å²) in [6.07, 6.45) is 4.58. The molecule has 0 atom stereocenters. The number of esters is 1. The minimum Gasteiger partial charge on any atom is -0.459 e. The molecule has 1 saturated heterocycles. The zero-order valence-electron chi connectivity index (χ0n) is 12.3. The number of carbonyl (C=O) groups excluding carboxylic acids is 1. The van der Waals surface area contributed by atoms with Gasteiger partial charge in [0.2, 0.25) is 0 Å². The van der Waals surface area contributed by atoms with E-state index in [1.807, 2.05) is 20.8 Å². The monoisotopic (exact) mass is 267 g/mol. The maximum atomic E-state index is 12.7. The van der Waals surface area contributed by atoms with Gasteiger partial charge in [0.25, 0.3) is 0 Å². The van der Waals surface area contributed by atoms with Crippen LogP contribution >= 0.6 is 0 Å². The van der Waals surface area contributed by atoms with E-state index >= 15 is 0 Å². The molecule has 2 heterocycles. The molecule has 0 aromatic heterocycles. The molecular weight excluding hydrogens is 242 g/mol. The molecule has 2 aliphatic rings. The third kappa shape index (κ3) is 3.37. The Morgan fingerprint density at radius 1 is 1.37 bits per heavy atom. The summed E-state index contributed by atoms with van der Waals surface area (Å²) in [5, 5.41) is 3.30. The van der Waals surface area contributed by atoms with Crippen molar-refractivity contribution in [1.82, 2.24) is 5.32 Å². The Morgan fingerprint density at radius 2 is 2.05 bits per heavy atom. The number of hydrogen-bond donors (Lipinski definition) is 1. The van der Waals surface area contributed by atoms with Gasteiger partial charge < -0.3 is 14.8 Å². The summed E-state index contributed by atoms with van der Waals surface area (Å²) in [5.74, 6) is -0.0727. The third-order valence-electron chi connectivity index (χ3n) is 3.81. The summed E-state index contributed by atoms with van der Waals surface area (Å²) in [7, 11) is 0. The maximum Gasteiger partial charge on any atom is 0.316 e. The Morgan fingerprint density at radius 3 is 2.58 bits per heavy atom. The van der Waals surface area contributed by atoms with Crippen LogP contribution in [0.1, 0.15) is 40.0 Å². The van der Waals surface area contributed by atoms with Crippen LogP contribution in [0.2, 0.25) is 0 Å². The van der Waals surface area contributed by atoms with Crippen molar-refractivity contribution in [2.24, 2.45) is 5.41 Å². The highest BCUT2D eigenvalue weighted by molar-refractivity contribution is 5.81. The quantitative estimate of drug-likeness (QED) is 0.614. The van der Waals surface area contributed by atoms with Crippen LogP contribution in [0.15, 0.2) is 11.6 Å². The van der Waals surface area contributed by atoms with Crippen LogP contribution in [0.5, 0.6) is 0 Å². The van der Waals surface area contributed by atoms with E-state index in [2.05, 4.69) is 11.4 Å². The second-order valence-electron chi connectivity index (χ2n) is 6.38. The molecule has 2 rings (SSSR count). The topological polar surface area (TPSA) is 47.6 Å². The molecule has 1 N–H and O–H groups in total. The molecule has 2 aliphatic heterocycles. The minimum atomic E-state index is -0.451. The molecule has 4 nitrogen and oxygen atoms in total. The number of ether oxygens (including phenoxy) is 2. The molecule has 0 amide bonds. The van der Waals surface area contributed by atoms with Gasteiger partial charge in [0.05, 0.1) is 5.41 Å². The maximum absolute atomic E-state index is 12.7. The summed E-state index contributed by atoms with van der Waals surface area (Å²) >= 11 is 0. The van der Waals surface area contributed by atoms with E-state index in [0.29, 0.717) is 13.2 Å². The highest BCUT2D eigenvalue weighted by Crippen LogP contribution is 2.42. The fourth-order valence-corrected chi connectivity index (χ4v) is 2.81. The van der Waals surface area contributed by atoms with Gasteiger partial charge in [-0.05, 0) is 46.6 Å². The summed E-state index contributed by atoms with van der Waals surface area (Å²) in [6.45, 7) is 8.85. The van der Waals surface area contributed by atoms with E-state index in [1.54, 1.807) is 0 Å². The molecule has 0 spiro atoms. The highest BCUT2D eigenvalue weighted by atomic mass is 16.6. The fraction of sp³-hybridized carbons (Fsp3) is 0.800. The zero-order chi connectivity index (χ0) is 13.9. The van der Waals surface area contributed by atoms with Crippen molar-refractivity contribution < 1.29 is 14.3 Å². The molecule has 4 heteroatoms. The molecule has 0 unspecified atom stereocenters. The van der Waals surface area contributed by atoms with Gasteiger partial charge >= 0.3 is 5.97 Å². The largest absolute Gasteiger partial charge is 0.459 e. The van der Waals surface area contributed by atoms with Gasteiger partial charge in [-0.3, -0.25) is 4.79 Å². The first kappa shape index (κ1) is 14.5. The number of nitrogens with one attached hydrogen (secondary N) is 1. The lowest BCUT2D eigenvalue weighted by atomic mass is 9.71. The normalized spacial score (nSPS) is 23.6. The van der Waals surface area contributed by atoms with Gasteiger partial charge in [-0.2, -0.15) is 0 Å². The molecule has 108 valence electrons. The molecule has 0 aromatic rings. The van der Waals surface area contributed by atoms with Crippen molar-refractivity contribution >= 4 is 5.97 Å². The SMILES string of the molecule is CC(C)(C)OC(=O)C1(C2=CCNCC2)CCOCC1. The standard InChI is InChI=1S/C15H25NO3/c1-14(2,3)19-13(17)15(6-10-18-11-7-15)12-4-8-16-9-5-12/h4,16H,5-11H2,1-3H3. The molecule has 1 fully saturated rings. The highest BCUT2D eigenvalue weighted by Gasteiger charge is 2.45. The first-order valence-electron chi connectivity index (χ1n) is 7.15. The Kier molecular flexibility index (Phi) is 4.31. The van der Waals surface area contributed by atoms with Crippen LogP contribution < -0.4 is 5.32 Å². The lowest BCUT2D eigenvalue weighted by molar-refractivity contribution is -0.170. The lowest BCUT2D eigenvalue weighted by Crippen LogP contribution is -2.44. The predicted molar refractivity (Wildman–Crippen MR) is 73.9 cm³/mol. The van der Waals surface area contributed by atoms with E-state index in [4.69, 9.17) is 9.47 Å². The Balaban J connectivity index is 2.23. The van der Waals surface area contributed by atoms with Crippen LogP contribution in [0.3, 0.4) is 0 Å². The summed E-state index contributed by atoms with van der Waals surface area (Å²) in [5.41, 5.74) is 0.354. The van der Waals surface area contributed by atoms with E-state index in [0.717, 1.165) is 32.4 Å². The van der Waals surface area contributed by atoms with Gasteiger partial charge in [0, 0.05) is 19.8 Å². The van der Waals surface area contributed by atoms with Crippen LogP contribution in [-0.2, 0) is 14.3 Å². The van der Waals surface area contributed by atoms with Crippen molar-refractivity contribution in [3.63, 3.8) is 0 Å². The molecular formula is C15H25NO3. The first-order chi connectivity index (χ1) is 8.94. The van der Waals surface area contributed by atoms with Crippen LogP contribution in [-0.4, -0.2) is 37.9 Å². The second kappa shape index (κ2) is 5.63. The van der Waals surface area contributed by atoms with Gasteiger partial charge in [0.1, 0.15) is 5.60 Å². The zero-order valence-corrected chi connectivity index (χ0v) is 12.3. The van der Waals surface area contributed by atoms with Crippen LogP contribution in [0.4, 0.5) is 0 Å². The fourth-order valence-electron chi connectivity index (χ4n) is 2.81. The van der Waals surface area contributed by atoms with Crippen molar-refractivity contribution in [1.29, 1.82) is 0 Å². The first-order valence-corrected chi connectivity index (χ1v) is 7.15. The molecule has 0 aliphatic carbocycles. The van der Waals surface area contributed by atoms with Crippen molar-refractivity contribution in [2.75, 3.05) is 26.3 Å². The van der Waals surface area contributed by atoms with E-state index in [1.165, 1.54) is 5.57 Å². The number of hydrogen-bond acceptors (Lipinski definition) is 4.